The van der Waals surface area contributed by atoms with E-state index >= 15 is 0 Å². The molecule has 1 amide bonds. The van der Waals surface area contributed by atoms with Crippen LogP contribution in [0.5, 0.6) is 0 Å². The van der Waals surface area contributed by atoms with E-state index in [1.54, 1.807) is 0 Å². The fraction of sp³-hybridized carbons (Fsp3) is 0.278. The van der Waals surface area contributed by atoms with Gasteiger partial charge in [-0.2, -0.15) is 0 Å². The first-order valence-electron chi connectivity index (χ1n) is 7.28. The summed E-state index contributed by atoms with van der Waals surface area (Å²) in [5, 5.41) is 12.9. The fourth-order valence-corrected chi connectivity index (χ4v) is 2.37. The molecule has 2 aromatic carbocycles. The van der Waals surface area contributed by atoms with Gasteiger partial charge in [-0.3, -0.25) is 4.79 Å². The number of carbonyl (C=O) groups is 1. The molecule has 0 aliphatic heterocycles. The Morgan fingerprint density at radius 1 is 1.00 bits per heavy atom. The van der Waals surface area contributed by atoms with Crippen LogP contribution in [-0.2, 0) is 4.79 Å². The smallest absolute Gasteiger partial charge is 0.227 e. The number of hydrogen-bond acceptors (Lipinski definition) is 2. The summed E-state index contributed by atoms with van der Waals surface area (Å²) in [7, 11) is 0. The van der Waals surface area contributed by atoms with Crippen LogP contribution in [0.1, 0.15) is 36.5 Å². The molecule has 0 saturated carbocycles. The van der Waals surface area contributed by atoms with E-state index in [9.17, 15) is 9.90 Å². The Bertz CT molecular complexity index is 554. The number of hydrogen-bond donors (Lipinski definition) is 2. The number of nitrogens with one attached hydrogen (secondary N) is 1. The molecule has 3 nitrogen and oxygen atoms in total. The van der Waals surface area contributed by atoms with Crippen LogP contribution in [0.3, 0.4) is 0 Å². The molecule has 2 atom stereocenters. The zero-order valence-corrected chi connectivity index (χ0v) is 12.2. The van der Waals surface area contributed by atoms with Crippen molar-refractivity contribution in [3.05, 3.63) is 71.8 Å². The van der Waals surface area contributed by atoms with Crippen LogP contribution in [0.4, 0.5) is 0 Å². The summed E-state index contributed by atoms with van der Waals surface area (Å²) in [6.45, 7) is 2.22. The molecule has 0 heterocycles. The van der Waals surface area contributed by atoms with Gasteiger partial charge in [0, 0.05) is 6.54 Å². The van der Waals surface area contributed by atoms with Crippen LogP contribution < -0.4 is 5.32 Å². The van der Waals surface area contributed by atoms with Gasteiger partial charge in [0.05, 0.1) is 12.0 Å². The number of benzene rings is 2. The summed E-state index contributed by atoms with van der Waals surface area (Å²) in [5.74, 6) is -0.215. The zero-order valence-electron chi connectivity index (χ0n) is 12.2. The van der Waals surface area contributed by atoms with Crippen molar-refractivity contribution in [1.29, 1.82) is 0 Å². The number of aliphatic hydroxyl groups excluding tert-OH is 1. The van der Waals surface area contributed by atoms with Gasteiger partial charge in [0.2, 0.25) is 5.91 Å². The lowest BCUT2D eigenvalue weighted by Gasteiger charge is -2.17. The first-order chi connectivity index (χ1) is 10.2. The number of amides is 1. The maximum atomic E-state index is 12.3. The molecule has 0 aliphatic rings. The third kappa shape index (κ3) is 4.17. The van der Waals surface area contributed by atoms with Crippen molar-refractivity contribution in [3.63, 3.8) is 0 Å². The highest BCUT2D eigenvalue weighted by molar-refractivity contribution is 5.83. The lowest BCUT2D eigenvalue weighted by molar-refractivity contribution is -0.123. The van der Waals surface area contributed by atoms with E-state index in [1.165, 1.54) is 0 Å². The molecule has 0 saturated heterocycles. The van der Waals surface area contributed by atoms with Gasteiger partial charge in [0.15, 0.2) is 0 Å². The highest BCUT2D eigenvalue weighted by Crippen LogP contribution is 2.19. The minimum atomic E-state index is -0.677. The van der Waals surface area contributed by atoms with Gasteiger partial charge in [-0.05, 0) is 17.5 Å². The Labute approximate surface area is 125 Å². The summed E-state index contributed by atoms with van der Waals surface area (Å²) in [5.41, 5.74) is 1.82. The maximum absolute atomic E-state index is 12.3. The highest BCUT2D eigenvalue weighted by Gasteiger charge is 2.19. The van der Waals surface area contributed by atoms with Crippen molar-refractivity contribution in [2.24, 2.45) is 0 Å². The van der Waals surface area contributed by atoms with Gasteiger partial charge >= 0.3 is 0 Å². The Morgan fingerprint density at radius 3 is 2.05 bits per heavy atom. The van der Waals surface area contributed by atoms with Crippen LogP contribution in [0.25, 0.3) is 0 Å². The molecule has 2 rings (SSSR count). The van der Waals surface area contributed by atoms with Crippen LogP contribution in [0.15, 0.2) is 60.7 Å². The molecule has 0 radical (unpaired) electrons. The molecule has 21 heavy (non-hydrogen) atoms. The molecule has 0 aromatic heterocycles. The van der Waals surface area contributed by atoms with Crippen LogP contribution in [0.2, 0.25) is 0 Å². The summed E-state index contributed by atoms with van der Waals surface area (Å²) in [6.07, 6.45) is 0.0560. The minimum Gasteiger partial charge on any atom is -0.387 e. The Balaban J connectivity index is 1.94. The third-order valence-corrected chi connectivity index (χ3v) is 3.58. The van der Waals surface area contributed by atoms with Crippen molar-refractivity contribution in [3.8, 4) is 0 Å². The minimum absolute atomic E-state index is 0.0429. The summed E-state index contributed by atoms with van der Waals surface area (Å²) in [4.78, 5) is 12.3. The predicted molar refractivity (Wildman–Crippen MR) is 83.9 cm³/mol. The van der Waals surface area contributed by atoms with Gasteiger partial charge in [-0.1, -0.05) is 67.6 Å². The highest BCUT2D eigenvalue weighted by atomic mass is 16.3. The van der Waals surface area contributed by atoms with E-state index in [2.05, 4.69) is 5.32 Å². The third-order valence-electron chi connectivity index (χ3n) is 3.58. The first kappa shape index (κ1) is 15.3. The first-order valence-corrected chi connectivity index (χ1v) is 7.28. The zero-order chi connectivity index (χ0) is 15.1. The average molecular weight is 283 g/mol. The SMILES string of the molecule is CCC(C(=O)NCC(O)c1ccccc1)c1ccccc1. The van der Waals surface area contributed by atoms with E-state index in [4.69, 9.17) is 0 Å². The Kier molecular flexibility index (Phi) is 5.52. The molecule has 110 valence electrons. The van der Waals surface area contributed by atoms with Crippen LogP contribution in [0, 0.1) is 0 Å². The van der Waals surface area contributed by atoms with Crippen molar-refractivity contribution < 1.29 is 9.90 Å². The molecular formula is C18H21NO2. The number of rotatable bonds is 6. The molecule has 0 fully saturated rings. The lowest BCUT2D eigenvalue weighted by Crippen LogP contribution is -2.32. The van der Waals surface area contributed by atoms with E-state index in [-0.39, 0.29) is 18.4 Å². The van der Waals surface area contributed by atoms with Gasteiger partial charge in [-0.25, -0.2) is 0 Å². The predicted octanol–water partition coefficient (Wildman–Crippen LogP) is 3.03. The second-order valence-electron chi connectivity index (χ2n) is 5.04. The van der Waals surface area contributed by atoms with Crippen LogP contribution in [-0.4, -0.2) is 17.6 Å². The van der Waals surface area contributed by atoms with Crippen molar-refractivity contribution in [1.82, 2.24) is 5.32 Å². The molecule has 2 aromatic rings. The summed E-state index contributed by atoms with van der Waals surface area (Å²) < 4.78 is 0. The quantitative estimate of drug-likeness (QED) is 0.856. The molecule has 0 spiro atoms. The van der Waals surface area contributed by atoms with E-state index in [0.717, 1.165) is 17.5 Å². The van der Waals surface area contributed by atoms with Crippen LogP contribution >= 0.6 is 0 Å². The number of aliphatic hydroxyl groups is 1. The monoisotopic (exact) mass is 283 g/mol. The summed E-state index contributed by atoms with van der Waals surface area (Å²) >= 11 is 0. The standard InChI is InChI=1S/C18H21NO2/c1-2-16(14-9-5-3-6-10-14)18(21)19-13-17(20)15-11-7-4-8-12-15/h3-12,16-17,20H,2,13H2,1H3,(H,19,21). The topological polar surface area (TPSA) is 49.3 Å². The molecule has 0 aliphatic carbocycles. The molecular weight excluding hydrogens is 262 g/mol. The largest absolute Gasteiger partial charge is 0.387 e. The Hall–Kier alpha value is -2.13. The van der Waals surface area contributed by atoms with E-state index < -0.39 is 6.10 Å². The van der Waals surface area contributed by atoms with E-state index in [1.807, 2.05) is 67.6 Å². The Morgan fingerprint density at radius 2 is 1.52 bits per heavy atom. The number of carbonyl (C=O) groups excluding carboxylic acids is 1. The molecule has 0 bridgehead atoms. The summed E-state index contributed by atoms with van der Waals surface area (Å²) in [6, 6.07) is 19.1. The van der Waals surface area contributed by atoms with Crippen molar-refractivity contribution in [2.75, 3.05) is 6.54 Å². The van der Waals surface area contributed by atoms with E-state index in [0.29, 0.717) is 0 Å². The molecule has 2 unspecified atom stereocenters. The second kappa shape index (κ2) is 7.60. The van der Waals surface area contributed by atoms with Gasteiger partial charge < -0.3 is 10.4 Å². The van der Waals surface area contributed by atoms with Crippen molar-refractivity contribution >= 4 is 5.91 Å². The maximum Gasteiger partial charge on any atom is 0.227 e. The fourth-order valence-electron chi connectivity index (χ4n) is 2.37. The van der Waals surface area contributed by atoms with Gasteiger partial charge in [0.25, 0.3) is 0 Å². The average Bonchev–Trinajstić information content (AvgIpc) is 2.55. The lowest BCUT2D eigenvalue weighted by atomic mass is 9.95. The van der Waals surface area contributed by atoms with Crippen molar-refractivity contribution in [2.45, 2.75) is 25.4 Å². The molecule has 2 N–H and O–H groups in total. The normalized spacial score (nSPS) is 13.4. The van der Waals surface area contributed by atoms with Gasteiger partial charge in [-0.15, -0.1) is 0 Å². The second-order valence-corrected chi connectivity index (χ2v) is 5.04. The van der Waals surface area contributed by atoms with Gasteiger partial charge in [0.1, 0.15) is 0 Å². The molecule has 3 heteroatoms.